The Kier molecular flexibility index (Phi) is 26.7. The molecule has 208 valence electrons. The Morgan fingerprint density at radius 3 is 1.31 bits per heavy atom. The van der Waals surface area contributed by atoms with E-state index in [-0.39, 0.29) is 18.5 Å². The van der Waals surface area contributed by atoms with Crippen LogP contribution in [0.25, 0.3) is 0 Å². The van der Waals surface area contributed by atoms with Gasteiger partial charge in [0.1, 0.15) is 6.10 Å². The zero-order chi connectivity index (χ0) is 25.8. The Morgan fingerprint density at radius 2 is 0.857 bits per heavy atom. The van der Waals surface area contributed by atoms with Crippen LogP contribution in [0.3, 0.4) is 0 Å². The molecule has 0 aromatic carbocycles. The summed E-state index contributed by atoms with van der Waals surface area (Å²) in [7, 11) is 0. The van der Waals surface area contributed by atoms with E-state index in [9.17, 15) is 9.59 Å². The molecular formula is C31H60O4. The Morgan fingerprint density at radius 1 is 0.514 bits per heavy atom. The first kappa shape index (κ1) is 33.9. The SMILES string of the molecule is CCCCCCCCCCCCCCCC(=O)OC(CCCCC)CCCCCCCCC(=O)O. The minimum absolute atomic E-state index is 0.00300. The first-order valence-electron chi connectivity index (χ1n) is 15.5. The van der Waals surface area contributed by atoms with Crippen molar-refractivity contribution in [1.82, 2.24) is 0 Å². The molecule has 0 saturated carbocycles. The molecule has 0 saturated heterocycles. The number of unbranched alkanes of at least 4 members (excludes halogenated alkanes) is 19. The van der Waals surface area contributed by atoms with Gasteiger partial charge in [0.05, 0.1) is 0 Å². The van der Waals surface area contributed by atoms with Crippen LogP contribution in [-0.4, -0.2) is 23.1 Å². The topological polar surface area (TPSA) is 63.6 Å². The van der Waals surface area contributed by atoms with Crippen molar-refractivity contribution in [1.29, 1.82) is 0 Å². The number of aliphatic carboxylic acids is 1. The van der Waals surface area contributed by atoms with Gasteiger partial charge < -0.3 is 9.84 Å². The Balaban J connectivity index is 3.74. The third-order valence-electron chi connectivity index (χ3n) is 7.08. The van der Waals surface area contributed by atoms with Crippen LogP contribution in [0.2, 0.25) is 0 Å². The van der Waals surface area contributed by atoms with Crippen LogP contribution < -0.4 is 0 Å². The summed E-state index contributed by atoms with van der Waals surface area (Å²) in [5, 5.41) is 8.69. The van der Waals surface area contributed by atoms with E-state index in [0.29, 0.717) is 6.42 Å². The number of hydrogen-bond donors (Lipinski definition) is 1. The lowest BCUT2D eigenvalue weighted by molar-refractivity contribution is -0.150. The van der Waals surface area contributed by atoms with Gasteiger partial charge in [-0.3, -0.25) is 9.59 Å². The number of carboxylic acids is 1. The third-order valence-corrected chi connectivity index (χ3v) is 7.08. The summed E-state index contributed by atoms with van der Waals surface area (Å²) in [5.41, 5.74) is 0. The van der Waals surface area contributed by atoms with E-state index in [4.69, 9.17) is 9.84 Å². The van der Waals surface area contributed by atoms with Crippen molar-refractivity contribution >= 4 is 11.9 Å². The van der Waals surface area contributed by atoms with Crippen LogP contribution in [0, 0.1) is 0 Å². The van der Waals surface area contributed by atoms with E-state index < -0.39 is 5.97 Å². The van der Waals surface area contributed by atoms with Gasteiger partial charge >= 0.3 is 11.9 Å². The zero-order valence-electron chi connectivity index (χ0n) is 23.6. The van der Waals surface area contributed by atoms with E-state index in [1.165, 1.54) is 83.5 Å². The van der Waals surface area contributed by atoms with Crippen LogP contribution in [0.4, 0.5) is 0 Å². The molecule has 0 rings (SSSR count). The van der Waals surface area contributed by atoms with Crippen LogP contribution in [0.1, 0.15) is 181 Å². The smallest absolute Gasteiger partial charge is 0.306 e. The fraction of sp³-hybridized carbons (Fsp3) is 0.935. The van der Waals surface area contributed by atoms with Crippen molar-refractivity contribution < 1.29 is 19.4 Å². The van der Waals surface area contributed by atoms with E-state index in [1.807, 2.05) is 0 Å². The van der Waals surface area contributed by atoms with Crippen molar-refractivity contribution in [2.45, 2.75) is 187 Å². The summed E-state index contributed by atoms with van der Waals surface area (Å²) in [4.78, 5) is 22.9. The molecule has 0 radical (unpaired) electrons. The highest BCUT2D eigenvalue weighted by molar-refractivity contribution is 5.69. The molecule has 1 unspecified atom stereocenters. The normalized spacial score (nSPS) is 12.1. The number of esters is 1. The van der Waals surface area contributed by atoms with Crippen molar-refractivity contribution in [2.75, 3.05) is 0 Å². The molecule has 1 atom stereocenters. The summed E-state index contributed by atoms with van der Waals surface area (Å²) >= 11 is 0. The maximum absolute atomic E-state index is 12.4. The fourth-order valence-electron chi connectivity index (χ4n) is 4.77. The molecule has 0 aliphatic rings. The second kappa shape index (κ2) is 27.5. The molecule has 0 heterocycles. The number of hydrogen-bond acceptors (Lipinski definition) is 3. The number of carbonyl (C=O) groups is 2. The van der Waals surface area contributed by atoms with Gasteiger partial charge in [-0.25, -0.2) is 0 Å². The Bertz CT molecular complexity index is 463. The molecule has 0 aliphatic heterocycles. The fourth-order valence-corrected chi connectivity index (χ4v) is 4.77. The molecule has 0 spiro atoms. The largest absolute Gasteiger partial charge is 0.481 e. The lowest BCUT2D eigenvalue weighted by Crippen LogP contribution is -2.18. The van der Waals surface area contributed by atoms with E-state index >= 15 is 0 Å². The van der Waals surface area contributed by atoms with Crippen molar-refractivity contribution in [3.05, 3.63) is 0 Å². The molecule has 0 aromatic heterocycles. The van der Waals surface area contributed by atoms with E-state index in [1.54, 1.807) is 0 Å². The maximum atomic E-state index is 12.4. The highest BCUT2D eigenvalue weighted by atomic mass is 16.5. The first-order valence-corrected chi connectivity index (χ1v) is 15.5. The predicted octanol–water partition coefficient (Wildman–Crippen LogP) is 10.2. The Labute approximate surface area is 218 Å². The molecule has 35 heavy (non-hydrogen) atoms. The minimum Gasteiger partial charge on any atom is -0.481 e. The molecule has 0 fully saturated rings. The minimum atomic E-state index is -0.694. The standard InChI is InChI=1S/C31H60O4/c1-3-5-7-8-9-10-11-12-13-14-15-20-24-28-31(34)35-29(25-21-6-4-2)26-22-18-16-17-19-23-27-30(32)33/h29H,3-28H2,1-2H3,(H,32,33). The van der Waals surface area contributed by atoms with Gasteiger partial charge in [0.25, 0.3) is 0 Å². The van der Waals surface area contributed by atoms with Crippen molar-refractivity contribution in [3.63, 3.8) is 0 Å². The van der Waals surface area contributed by atoms with Gasteiger partial charge in [0.2, 0.25) is 0 Å². The van der Waals surface area contributed by atoms with Crippen LogP contribution in [0.5, 0.6) is 0 Å². The number of ether oxygens (including phenoxy) is 1. The first-order chi connectivity index (χ1) is 17.1. The average molecular weight is 497 g/mol. The van der Waals surface area contributed by atoms with Gasteiger partial charge in [-0.2, -0.15) is 0 Å². The molecule has 0 amide bonds. The highest BCUT2D eigenvalue weighted by Gasteiger charge is 2.14. The van der Waals surface area contributed by atoms with Crippen LogP contribution in [-0.2, 0) is 14.3 Å². The number of carbonyl (C=O) groups excluding carboxylic acids is 1. The van der Waals surface area contributed by atoms with E-state index in [0.717, 1.165) is 70.6 Å². The summed E-state index contributed by atoms with van der Waals surface area (Å²) < 4.78 is 5.87. The second-order valence-electron chi connectivity index (χ2n) is 10.7. The van der Waals surface area contributed by atoms with Gasteiger partial charge in [-0.1, -0.05) is 129 Å². The zero-order valence-corrected chi connectivity index (χ0v) is 23.6. The quantitative estimate of drug-likeness (QED) is 0.0864. The Hall–Kier alpha value is -1.06. The van der Waals surface area contributed by atoms with E-state index in [2.05, 4.69) is 13.8 Å². The second-order valence-corrected chi connectivity index (χ2v) is 10.7. The van der Waals surface area contributed by atoms with Gasteiger partial charge in [-0.15, -0.1) is 0 Å². The lowest BCUT2D eigenvalue weighted by atomic mass is 10.0. The van der Waals surface area contributed by atoms with Crippen molar-refractivity contribution in [3.8, 4) is 0 Å². The molecule has 1 N–H and O–H groups in total. The number of rotatable bonds is 28. The maximum Gasteiger partial charge on any atom is 0.306 e. The molecule has 0 aliphatic carbocycles. The van der Waals surface area contributed by atoms with Gasteiger partial charge in [-0.05, 0) is 38.5 Å². The molecule has 4 heteroatoms. The third kappa shape index (κ3) is 27.4. The summed E-state index contributed by atoms with van der Waals surface area (Å²) in [5.74, 6) is -0.691. The lowest BCUT2D eigenvalue weighted by Gasteiger charge is -2.18. The summed E-state index contributed by atoms with van der Waals surface area (Å²) in [6.45, 7) is 4.48. The predicted molar refractivity (Wildman–Crippen MR) is 149 cm³/mol. The van der Waals surface area contributed by atoms with Crippen LogP contribution >= 0.6 is 0 Å². The van der Waals surface area contributed by atoms with Crippen molar-refractivity contribution in [2.24, 2.45) is 0 Å². The monoisotopic (exact) mass is 496 g/mol. The average Bonchev–Trinajstić information content (AvgIpc) is 2.83. The highest BCUT2D eigenvalue weighted by Crippen LogP contribution is 2.18. The van der Waals surface area contributed by atoms with Crippen LogP contribution in [0.15, 0.2) is 0 Å². The van der Waals surface area contributed by atoms with Gasteiger partial charge in [0, 0.05) is 12.8 Å². The molecule has 0 bridgehead atoms. The molecule has 4 nitrogen and oxygen atoms in total. The van der Waals surface area contributed by atoms with Gasteiger partial charge in [0.15, 0.2) is 0 Å². The number of carboxylic acid groups (broad SMARTS) is 1. The summed E-state index contributed by atoms with van der Waals surface area (Å²) in [6, 6.07) is 0. The molecule has 0 aromatic rings. The summed E-state index contributed by atoms with van der Waals surface area (Å²) in [6.07, 6.45) is 29.9. The molecular weight excluding hydrogens is 436 g/mol.